The average Bonchev–Trinajstić information content (AvgIpc) is 2.90. The quantitative estimate of drug-likeness (QED) is 0.791. The lowest BCUT2D eigenvalue weighted by molar-refractivity contribution is -0.144. The van der Waals surface area contributed by atoms with E-state index in [-0.39, 0.29) is 0 Å². The number of carboxylic acid groups (broad SMARTS) is 1. The molecule has 2 N–H and O–H groups in total. The van der Waals surface area contributed by atoms with Crippen LogP contribution in [0.5, 0.6) is 0 Å². The highest BCUT2D eigenvalue weighted by Gasteiger charge is 2.47. The highest BCUT2D eigenvalue weighted by atomic mass is 16.4. The molecule has 0 aliphatic heterocycles. The predicted molar refractivity (Wildman–Crippen MR) is 85.5 cm³/mol. The first-order valence-corrected chi connectivity index (χ1v) is 8.69. The van der Waals surface area contributed by atoms with Crippen molar-refractivity contribution in [2.24, 2.45) is 5.92 Å². The Kier molecular flexibility index (Phi) is 5.67. The highest BCUT2D eigenvalue weighted by molar-refractivity contribution is 5.79. The molecule has 0 spiro atoms. The summed E-state index contributed by atoms with van der Waals surface area (Å²) in [6, 6.07) is 1.07. The van der Waals surface area contributed by atoms with E-state index < -0.39 is 11.5 Å². The molecule has 4 unspecified atom stereocenters. The van der Waals surface area contributed by atoms with Gasteiger partial charge in [0.1, 0.15) is 5.54 Å². The summed E-state index contributed by atoms with van der Waals surface area (Å²) in [5.74, 6) is 0.152. The fraction of sp³-hybridized carbons (Fsp3) is 0.941. The van der Waals surface area contributed by atoms with Gasteiger partial charge in [-0.2, -0.15) is 0 Å². The summed E-state index contributed by atoms with van der Waals surface area (Å²) in [5.41, 5.74) is -0.685. The molecule has 122 valence electrons. The van der Waals surface area contributed by atoms with Crippen molar-refractivity contribution in [3.63, 3.8) is 0 Å². The van der Waals surface area contributed by atoms with Crippen molar-refractivity contribution in [1.29, 1.82) is 0 Å². The number of rotatable bonds is 6. The van der Waals surface area contributed by atoms with E-state index in [4.69, 9.17) is 0 Å². The van der Waals surface area contributed by atoms with E-state index in [2.05, 4.69) is 31.1 Å². The molecule has 0 aromatic carbocycles. The van der Waals surface area contributed by atoms with Crippen molar-refractivity contribution in [3.05, 3.63) is 0 Å². The fourth-order valence-electron chi connectivity index (χ4n) is 4.23. The van der Waals surface area contributed by atoms with Crippen molar-refractivity contribution in [2.75, 3.05) is 13.6 Å². The number of carboxylic acids is 1. The molecule has 0 aromatic heterocycles. The van der Waals surface area contributed by atoms with Crippen LogP contribution >= 0.6 is 0 Å². The Labute approximate surface area is 129 Å². The van der Waals surface area contributed by atoms with E-state index in [0.29, 0.717) is 12.1 Å². The van der Waals surface area contributed by atoms with Crippen molar-refractivity contribution in [2.45, 2.75) is 82.8 Å². The Balaban J connectivity index is 1.97. The lowest BCUT2D eigenvalue weighted by Gasteiger charge is -2.38. The molecule has 2 fully saturated rings. The summed E-state index contributed by atoms with van der Waals surface area (Å²) in [5, 5.41) is 13.0. The van der Waals surface area contributed by atoms with Crippen LogP contribution in [0, 0.1) is 5.92 Å². The number of hydrogen-bond acceptors (Lipinski definition) is 3. The van der Waals surface area contributed by atoms with E-state index in [1.165, 1.54) is 25.7 Å². The maximum Gasteiger partial charge on any atom is 0.323 e. The minimum Gasteiger partial charge on any atom is -0.480 e. The van der Waals surface area contributed by atoms with Crippen LogP contribution in [-0.4, -0.2) is 47.2 Å². The van der Waals surface area contributed by atoms with Crippen molar-refractivity contribution < 1.29 is 9.90 Å². The topological polar surface area (TPSA) is 52.6 Å². The van der Waals surface area contributed by atoms with Gasteiger partial charge in [-0.15, -0.1) is 0 Å². The van der Waals surface area contributed by atoms with Crippen LogP contribution in [0.15, 0.2) is 0 Å². The van der Waals surface area contributed by atoms with Gasteiger partial charge < -0.3 is 15.3 Å². The minimum absolute atomic E-state index is 0.417. The molecule has 2 aliphatic carbocycles. The van der Waals surface area contributed by atoms with E-state index >= 15 is 0 Å². The standard InChI is InChI=1S/C17H32N2O2/c1-4-10-18-17(16(20)21)9-8-15(12-17)19(3)14-7-5-6-13(2)11-14/h13-15,18H,4-12H2,1-3H3,(H,20,21). The molecular formula is C17H32N2O2. The summed E-state index contributed by atoms with van der Waals surface area (Å²) < 4.78 is 0. The van der Waals surface area contributed by atoms with Gasteiger partial charge in [0, 0.05) is 12.1 Å². The zero-order chi connectivity index (χ0) is 15.5. The molecule has 2 saturated carbocycles. The zero-order valence-corrected chi connectivity index (χ0v) is 13.9. The van der Waals surface area contributed by atoms with Crippen LogP contribution in [0.3, 0.4) is 0 Å². The van der Waals surface area contributed by atoms with Crippen molar-refractivity contribution in [3.8, 4) is 0 Å². The second kappa shape index (κ2) is 7.10. The number of hydrogen-bond donors (Lipinski definition) is 2. The minimum atomic E-state index is -0.685. The van der Waals surface area contributed by atoms with Gasteiger partial charge >= 0.3 is 5.97 Å². The molecule has 4 atom stereocenters. The Hall–Kier alpha value is -0.610. The molecule has 2 rings (SSSR count). The van der Waals surface area contributed by atoms with E-state index in [1.807, 2.05) is 0 Å². The fourth-order valence-corrected chi connectivity index (χ4v) is 4.23. The van der Waals surface area contributed by atoms with E-state index in [9.17, 15) is 9.90 Å². The second-order valence-corrected chi connectivity index (χ2v) is 7.30. The molecule has 0 heterocycles. The summed E-state index contributed by atoms with van der Waals surface area (Å²) in [6.45, 7) is 5.23. The Morgan fingerprint density at radius 2 is 2.10 bits per heavy atom. The lowest BCUT2D eigenvalue weighted by Crippen LogP contribution is -2.52. The van der Waals surface area contributed by atoms with Gasteiger partial charge in [-0.1, -0.05) is 26.7 Å². The lowest BCUT2D eigenvalue weighted by atomic mass is 9.85. The molecule has 2 aliphatic rings. The number of carbonyl (C=O) groups is 1. The van der Waals surface area contributed by atoms with Crippen LogP contribution in [0.1, 0.15) is 65.2 Å². The third kappa shape index (κ3) is 3.78. The van der Waals surface area contributed by atoms with Gasteiger partial charge in [-0.25, -0.2) is 0 Å². The first kappa shape index (κ1) is 16.8. The Morgan fingerprint density at radius 3 is 2.71 bits per heavy atom. The Morgan fingerprint density at radius 1 is 1.33 bits per heavy atom. The van der Waals surface area contributed by atoms with Crippen LogP contribution in [0.4, 0.5) is 0 Å². The number of aliphatic carboxylic acids is 1. The van der Waals surface area contributed by atoms with Crippen molar-refractivity contribution in [1.82, 2.24) is 10.2 Å². The Bertz CT molecular complexity index is 361. The summed E-state index contributed by atoms with van der Waals surface area (Å²) in [7, 11) is 2.21. The smallest absolute Gasteiger partial charge is 0.323 e. The van der Waals surface area contributed by atoms with Gasteiger partial charge in [0.2, 0.25) is 0 Å². The molecule has 0 amide bonds. The summed E-state index contributed by atoms with van der Waals surface area (Å²) >= 11 is 0. The molecular weight excluding hydrogens is 264 g/mol. The van der Waals surface area contributed by atoms with Gasteiger partial charge in [-0.05, 0) is 58.0 Å². The van der Waals surface area contributed by atoms with E-state index in [0.717, 1.165) is 38.1 Å². The molecule has 0 saturated heterocycles. The molecule has 0 bridgehead atoms. The van der Waals surface area contributed by atoms with E-state index in [1.54, 1.807) is 0 Å². The van der Waals surface area contributed by atoms with Gasteiger partial charge in [-0.3, -0.25) is 4.79 Å². The highest BCUT2D eigenvalue weighted by Crippen LogP contribution is 2.36. The van der Waals surface area contributed by atoms with Crippen LogP contribution in [0.25, 0.3) is 0 Å². The number of nitrogens with one attached hydrogen (secondary N) is 1. The molecule has 4 heteroatoms. The molecule has 0 aromatic rings. The summed E-state index contributed by atoms with van der Waals surface area (Å²) in [6.07, 6.45) is 8.73. The normalized spacial score (nSPS) is 37.0. The third-order valence-electron chi connectivity index (χ3n) is 5.67. The summed E-state index contributed by atoms with van der Waals surface area (Å²) in [4.78, 5) is 14.2. The third-order valence-corrected chi connectivity index (χ3v) is 5.67. The van der Waals surface area contributed by atoms with Gasteiger partial charge in [0.15, 0.2) is 0 Å². The molecule has 0 radical (unpaired) electrons. The first-order chi connectivity index (χ1) is 9.98. The average molecular weight is 296 g/mol. The molecule has 21 heavy (non-hydrogen) atoms. The van der Waals surface area contributed by atoms with Crippen LogP contribution in [-0.2, 0) is 4.79 Å². The monoisotopic (exact) mass is 296 g/mol. The van der Waals surface area contributed by atoms with Gasteiger partial charge in [0.25, 0.3) is 0 Å². The maximum absolute atomic E-state index is 11.7. The molecule has 4 nitrogen and oxygen atoms in total. The maximum atomic E-state index is 11.7. The van der Waals surface area contributed by atoms with Crippen molar-refractivity contribution >= 4 is 5.97 Å². The van der Waals surface area contributed by atoms with Crippen LogP contribution < -0.4 is 5.32 Å². The number of nitrogens with zero attached hydrogens (tertiary/aromatic N) is 1. The van der Waals surface area contributed by atoms with Crippen LogP contribution in [0.2, 0.25) is 0 Å². The SMILES string of the molecule is CCCNC1(C(=O)O)CCC(N(C)C2CCCC(C)C2)C1. The van der Waals surface area contributed by atoms with Gasteiger partial charge in [0.05, 0.1) is 0 Å². The largest absolute Gasteiger partial charge is 0.480 e. The predicted octanol–water partition coefficient (Wildman–Crippen LogP) is 2.87. The second-order valence-electron chi connectivity index (χ2n) is 7.30. The first-order valence-electron chi connectivity index (χ1n) is 8.69. The zero-order valence-electron chi connectivity index (χ0n) is 13.9.